The van der Waals surface area contributed by atoms with E-state index in [-0.39, 0.29) is 11.8 Å². The number of nitrogens with zero attached hydrogens (tertiary/aromatic N) is 3. The van der Waals surface area contributed by atoms with E-state index in [9.17, 15) is 0 Å². The number of aryl methyl sites for hydroxylation is 1. The maximum atomic E-state index is 6.61. The zero-order chi connectivity index (χ0) is 32.2. The Morgan fingerprint density at radius 1 is 0.596 bits per heavy atom. The van der Waals surface area contributed by atoms with Gasteiger partial charge in [-0.2, -0.15) is 0 Å². The molecule has 8 aromatic rings. The summed E-state index contributed by atoms with van der Waals surface area (Å²) in [7, 11) is 0. The summed E-state index contributed by atoms with van der Waals surface area (Å²) in [5.41, 5.74) is 13.7. The second kappa shape index (κ2) is 11.4. The first kappa shape index (κ1) is 29.0. The number of fused-ring (bicyclic) bond motifs is 4. The fraction of sp³-hybridized carbons (Fsp3) is 0.163. The lowest BCUT2D eigenvalue weighted by Crippen LogP contribution is -2.09. The molecule has 0 amide bonds. The van der Waals surface area contributed by atoms with Crippen molar-refractivity contribution >= 4 is 33.0 Å². The minimum Gasteiger partial charge on any atom is -0.455 e. The van der Waals surface area contributed by atoms with E-state index in [0.717, 1.165) is 61.3 Å². The van der Waals surface area contributed by atoms with Crippen LogP contribution in [0.15, 0.2) is 126 Å². The van der Waals surface area contributed by atoms with Gasteiger partial charge in [0.05, 0.1) is 28.2 Å². The normalized spacial score (nSPS) is 11.9. The predicted molar refractivity (Wildman–Crippen MR) is 195 cm³/mol. The largest absolute Gasteiger partial charge is 0.455 e. The second-order valence-electron chi connectivity index (χ2n) is 13.1. The van der Waals surface area contributed by atoms with E-state index in [1.807, 2.05) is 18.2 Å². The minimum absolute atomic E-state index is 0.259. The molecule has 0 unspecified atom stereocenters. The molecule has 4 nitrogen and oxygen atoms in total. The lowest BCUT2D eigenvalue weighted by atomic mass is 9.88. The average molecular weight is 612 g/mol. The summed E-state index contributed by atoms with van der Waals surface area (Å²) >= 11 is 0. The quantitative estimate of drug-likeness (QED) is 0.188. The van der Waals surface area contributed by atoms with Gasteiger partial charge in [-0.05, 0) is 71.3 Å². The molecule has 4 heteroatoms. The molecule has 0 aliphatic carbocycles. The Balaban J connectivity index is 1.52. The Kier molecular flexibility index (Phi) is 7.02. The number of hydrogen-bond donors (Lipinski definition) is 0. The molecule has 3 aromatic heterocycles. The highest BCUT2D eigenvalue weighted by atomic mass is 16.3. The lowest BCUT2D eigenvalue weighted by molar-refractivity contribution is 0.669. The molecule has 0 aliphatic heterocycles. The van der Waals surface area contributed by atoms with Crippen LogP contribution in [-0.4, -0.2) is 14.5 Å². The molecule has 0 spiro atoms. The van der Waals surface area contributed by atoms with Gasteiger partial charge in [0.2, 0.25) is 0 Å². The minimum atomic E-state index is 0.259. The second-order valence-corrected chi connectivity index (χ2v) is 13.1. The fourth-order valence-electron chi connectivity index (χ4n) is 6.93. The molecule has 0 bridgehead atoms. The van der Waals surface area contributed by atoms with Crippen LogP contribution in [0.1, 0.15) is 56.4 Å². The molecule has 47 heavy (non-hydrogen) atoms. The summed E-state index contributed by atoms with van der Waals surface area (Å²) in [6.45, 7) is 11.2. The van der Waals surface area contributed by atoms with Gasteiger partial charge in [-0.15, -0.1) is 0 Å². The van der Waals surface area contributed by atoms with Crippen LogP contribution in [0.25, 0.3) is 72.4 Å². The van der Waals surface area contributed by atoms with Crippen molar-refractivity contribution in [2.75, 3.05) is 0 Å². The molecule has 0 saturated heterocycles. The van der Waals surface area contributed by atoms with Crippen molar-refractivity contribution in [3.8, 4) is 39.5 Å². The molecule has 5 aromatic carbocycles. The molecular weight excluding hydrogens is 574 g/mol. The van der Waals surface area contributed by atoms with Crippen molar-refractivity contribution in [3.05, 3.63) is 138 Å². The third-order valence-corrected chi connectivity index (χ3v) is 9.28. The predicted octanol–water partition coefficient (Wildman–Crippen LogP) is 11.9. The Bertz CT molecular complexity index is 2380. The maximum absolute atomic E-state index is 6.61. The number of imidazole rings is 1. The van der Waals surface area contributed by atoms with E-state index in [2.05, 4.69) is 142 Å². The van der Waals surface area contributed by atoms with Crippen LogP contribution in [-0.2, 0) is 0 Å². The van der Waals surface area contributed by atoms with Crippen LogP contribution in [0, 0.1) is 6.92 Å². The number of para-hydroxylation sites is 2. The molecule has 0 atom stereocenters. The Labute approximate surface area is 275 Å². The highest BCUT2D eigenvalue weighted by molar-refractivity contribution is 6.09. The van der Waals surface area contributed by atoms with Gasteiger partial charge in [-0.25, -0.2) is 4.98 Å². The molecule has 0 radical (unpaired) electrons. The Hall–Kier alpha value is -5.48. The SMILES string of the molecule is Cc1nc(-c2ccccc2)cc2c1nc(-c1cccc3c1oc1ccccc13)n2-c1c(C(C)C)cc(-c2ccccc2)cc1C(C)C. The number of aromatic nitrogens is 3. The molecule has 0 aliphatic rings. The maximum Gasteiger partial charge on any atom is 0.149 e. The summed E-state index contributed by atoms with van der Waals surface area (Å²) in [6.07, 6.45) is 0. The fourth-order valence-corrected chi connectivity index (χ4v) is 6.93. The molecule has 230 valence electrons. The third-order valence-electron chi connectivity index (χ3n) is 9.28. The Morgan fingerprint density at radius 2 is 1.21 bits per heavy atom. The van der Waals surface area contributed by atoms with Crippen LogP contribution in [0.3, 0.4) is 0 Å². The van der Waals surface area contributed by atoms with Gasteiger partial charge in [0.25, 0.3) is 0 Å². The highest BCUT2D eigenvalue weighted by Crippen LogP contribution is 2.43. The summed E-state index contributed by atoms with van der Waals surface area (Å²) in [5, 5.41) is 2.19. The number of rotatable bonds is 6. The molecule has 8 rings (SSSR count). The van der Waals surface area contributed by atoms with Gasteiger partial charge in [0.15, 0.2) is 0 Å². The molecule has 3 heterocycles. The van der Waals surface area contributed by atoms with Gasteiger partial charge in [-0.3, -0.25) is 9.55 Å². The summed E-state index contributed by atoms with van der Waals surface area (Å²) in [4.78, 5) is 10.5. The number of hydrogen-bond acceptors (Lipinski definition) is 3. The van der Waals surface area contributed by atoms with Crippen molar-refractivity contribution in [3.63, 3.8) is 0 Å². The van der Waals surface area contributed by atoms with Crippen LogP contribution in [0.4, 0.5) is 0 Å². The first-order valence-electron chi connectivity index (χ1n) is 16.5. The van der Waals surface area contributed by atoms with E-state index in [0.29, 0.717) is 0 Å². The molecular formula is C43H37N3O. The van der Waals surface area contributed by atoms with Gasteiger partial charge in [0, 0.05) is 16.3 Å². The van der Waals surface area contributed by atoms with Gasteiger partial charge in [0.1, 0.15) is 22.5 Å². The zero-order valence-electron chi connectivity index (χ0n) is 27.5. The number of furan rings is 1. The van der Waals surface area contributed by atoms with Crippen LogP contribution in [0.2, 0.25) is 0 Å². The number of pyridine rings is 1. The molecule has 0 N–H and O–H groups in total. The smallest absolute Gasteiger partial charge is 0.149 e. The van der Waals surface area contributed by atoms with Crippen molar-refractivity contribution in [1.82, 2.24) is 14.5 Å². The first-order chi connectivity index (χ1) is 22.9. The Morgan fingerprint density at radius 3 is 1.89 bits per heavy atom. The number of benzene rings is 5. The van der Waals surface area contributed by atoms with Crippen molar-refractivity contribution < 1.29 is 4.42 Å². The summed E-state index contributed by atoms with van der Waals surface area (Å²) in [6, 6.07) is 42.8. The first-order valence-corrected chi connectivity index (χ1v) is 16.5. The van der Waals surface area contributed by atoms with Crippen LogP contribution < -0.4 is 0 Å². The van der Waals surface area contributed by atoms with Crippen molar-refractivity contribution in [2.24, 2.45) is 0 Å². The van der Waals surface area contributed by atoms with Crippen molar-refractivity contribution in [1.29, 1.82) is 0 Å². The lowest BCUT2D eigenvalue weighted by Gasteiger charge is -2.24. The van der Waals surface area contributed by atoms with E-state index in [4.69, 9.17) is 14.4 Å². The summed E-state index contributed by atoms with van der Waals surface area (Å²) < 4.78 is 9.01. The zero-order valence-corrected chi connectivity index (χ0v) is 27.5. The van der Waals surface area contributed by atoms with Gasteiger partial charge >= 0.3 is 0 Å². The van der Waals surface area contributed by atoms with Gasteiger partial charge < -0.3 is 4.42 Å². The third kappa shape index (κ3) is 4.83. The summed E-state index contributed by atoms with van der Waals surface area (Å²) in [5.74, 6) is 1.38. The molecule has 0 saturated carbocycles. The average Bonchev–Trinajstić information content (AvgIpc) is 3.67. The standard InChI is InChI=1S/C43H37N3O/c1-26(2)35-23-31(29-15-8-6-9-16-29)24-36(27(3)4)41(35)46-38-25-37(30-17-10-7-11-18-30)44-28(5)40(38)45-43(46)34-21-14-20-33-32-19-12-13-22-39(32)47-42(33)34/h6-27H,1-5H3. The highest BCUT2D eigenvalue weighted by Gasteiger charge is 2.26. The van der Waals surface area contributed by atoms with E-state index in [1.165, 1.54) is 27.9 Å². The van der Waals surface area contributed by atoms with Crippen LogP contribution in [0.5, 0.6) is 0 Å². The van der Waals surface area contributed by atoms with E-state index >= 15 is 0 Å². The van der Waals surface area contributed by atoms with Crippen LogP contribution >= 0.6 is 0 Å². The monoisotopic (exact) mass is 611 g/mol. The molecule has 0 fully saturated rings. The van der Waals surface area contributed by atoms with E-state index in [1.54, 1.807) is 0 Å². The van der Waals surface area contributed by atoms with Gasteiger partial charge in [-0.1, -0.05) is 119 Å². The van der Waals surface area contributed by atoms with E-state index < -0.39 is 0 Å². The topological polar surface area (TPSA) is 43.9 Å². The van der Waals surface area contributed by atoms with Crippen molar-refractivity contribution in [2.45, 2.75) is 46.5 Å².